The van der Waals surface area contributed by atoms with Crippen molar-refractivity contribution in [3.05, 3.63) is 0 Å². The Balaban J connectivity index is 2.00. The van der Waals surface area contributed by atoms with Crippen molar-refractivity contribution in [2.75, 3.05) is 6.61 Å². The maximum absolute atomic E-state index is 9.93. The Morgan fingerprint density at radius 2 is 2.45 bits per heavy atom. The minimum Gasteiger partial charge on any atom is -0.479 e. The summed E-state index contributed by atoms with van der Waals surface area (Å²) < 4.78 is 0. The Labute approximate surface area is 64.8 Å². The molecular formula is C7H11NO3. The van der Waals surface area contributed by atoms with Crippen molar-refractivity contribution in [1.82, 2.24) is 0 Å². The van der Waals surface area contributed by atoms with Crippen LogP contribution in [0, 0.1) is 5.92 Å². The highest BCUT2D eigenvalue weighted by atomic mass is 16.6. The highest BCUT2D eigenvalue weighted by Crippen LogP contribution is 2.23. The predicted octanol–water partition coefficient (Wildman–Crippen LogP) is 0.873. The first-order valence-electron chi connectivity index (χ1n) is 3.66. The van der Waals surface area contributed by atoms with Crippen molar-refractivity contribution in [3.8, 4) is 0 Å². The third-order valence-electron chi connectivity index (χ3n) is 1.68. The van der Waals surface area contributed by atoms with E-state index in [0.29, 0.717) is 5.92 Å². The second-order valence-corrected chi connectivity index (χ2v) is 2.61. The average Bonchev–Trinajstić information content (AvgIpc) is 1.82. The van der Waals surface area contributed by atoms with E-state index in [-0.39, 0.29) is 6.61 Å². The Bertz CT molecular complexity index is 163. The normalized spacial score (nSPS) is 18.2. The number of nitrogens with zero attached hydrogens (tertiary/aromatic N) is 1. The molecule has 0 aromatic carbocycles. The quantitative estimate of drug-likeness (QED) is 0.486. The fraction of sp³-hybridized carbons (Fsp3) is 0.714. The number of oxime groups is 1. The number of carbonyl (C=O) groups is 1. The van der Waals surface area contributed by atoms with Gasteiger partial charge in [-0.2, -0.15) is 0 Å². The number of carboxylic acids is 1. The summed E-state index contributed by atoms with van der Waals surface area (Å²) in [6.45, 7) is -0.344. The van der Waals surface area contributed by atoms with E-state index >= 15 is 0 Å². The minimum absolute atomic E-state index is 0.344. The van der Waals surface area contributed by atoms with Gasteiger partial charge < -0.3 is 9.94 Å². The molecule has 0 unspecified atom stereocenters. The first-order chi connectivity index (χ1) is 5.29. The Kier molecular flexibility index (Phi) is 2.89. The molecule has 62 valence electrons. The lowest BCUT2D eigenvalue weighted by atomic mass is 9.87. The molecule has 1 rings (SSSR count). The van der Waals surface area contributed by atoms with Gasteiger partial charge in [-0.15, -0.1) is 0 Å². The van der Waals surface area contributed by atoms with Crippen molar-refractivity contribution < 1.29 is 14.7 Å². The summed E-state index contributed by atoms with van der Waals surface area (Å²) >= 11 is 0. The lowest BCUT2D eigenvalue weighted by Gasteiger charge is -2.19. The molecule has 0 aromatic heterocycles. The molecule has 0 radical (unpaired) electrons. The summed E-state index contributed by atoms with van der Waals surface area (Å²) in [5.41, 5.74) is 0. The van der Waals surface area contributed by atoms with Crippen molar-refractivity contribution >= 4 is 12.2 Å². The monoisotopic (exact) mass is 157 g/mol. The van der Waals surface area contributed by atoms with Gasteiger partial charge in [0.2, 0.25) is 6.61 Å². The van der Waals surface area contributed by atoms with Crippen molar-refractivity contribution in [1.29, 1.82) is 0 Å². The summed E-state index contributed by atoms with van der Waals surface area (Å²) in [5, 5.41) is 11.7. The van der Waals surface area contributed by atoms with E-state index in [4.69, 9.17) is 5.11 Å². The molecule has 1 saturated carbocycles. The topological polar surface area (TPSA) is 58.9 Å². The van der Waals surface area contributed by atoms with E-state index < -0.39 is 5.97 Å². The van der Waals surface area contributed by atoms with Crippen LogP contribution in [-0.2, 0) is 9.63 Å². The summed E-state index contributed by atoms with van der Waals surface area (Å²) in [5.74, 6) is -0.473. The number of hydrogen-bond acceptors (Lipinski definition) is 3. The summed E-state index contributed by atoms with van der Waals surface area (Å²) in [6.07, 6.45) is 5.24. The summed E-state index contributed by atoms with van der Waals surface area (Å²) in [4.78, 5) is 14.4. The predicted molar refractivity (Wildman–Crippen MR) is 39.4 cm³/mol. The molecule has 0 aromatic rings. The van der Waals surface area contributed by atoms with E-state index in [0.717, 1.165) is 12.8 Å². The molecule has 1 aliphatic rings. The van der Waals surface area contributed by atoms with Crippen LogP contribution in [0.3, 0.4) is 0 Å². The summed E-state index contributed by atoms with van der Waals surface area (Å²) in [7, 11) is 0. The van der Waals surface area contributed by atoms with Gasteiger partial charge in [0.15, 0.2) is 0 Å². The highest BCUT2D eigenvalue weighted by molar-refractivity contribution is 5.68. The highest BCUT2D eigenvalue weighted by Gasteiger charge is 2.14. The summed E-state index contributed by atoms with van der Waals surface area (Å²) in [6, 6.07) is 0. The molecule has 0 aliphatic heterocycles. The third kappa shape index (κ3) is 3.02. The molecule has 0 bridgehead atoms. The van der Waals surface area contributed by atoms with Gasteiger partial charge in [-0.1, -0.05) is 11.6 Å². The van der Waals surface area contributed by atoms with Crippen LogP contribution in [0.2, 0.25) is 0 Å². The first-order valence-corrected chi connectivity index (χ1v) is 3.66. The second-order valence-electron chi connectivity index (χ2n) is 2.61. The Morgan fingerprint density at radius 3 is 2.91 bits per heavy atom. The van der Waals surface area contributed by atoms with Crippen LogP contribution in [0.1, 0.15) is 19.3 Å². The standard InChI is InChI=1S/C7H11NO3/c9-7(10)5-11-8-4-6-2-1-3-6/h4,6H,1-3,5H2,(H,9,10). The Morgan fingerprint density at radius 1 is 1.73 bits per heavy atom. The SMILES string of the molecule is O=C(O)CON=CC1CCC1. The van der Waals surface area contributed by atoms with Gasteiger partial charge in [0.05, 0.1) is 0 Å². The van der Waals surface area contributed by atoms with Crippen molar-refractivity contribution in [2.24, 2.45) is 11.1 Å². The zero-order chi connectivity index (χ0) is 8.10. The number of hydrogen-bond donors (Lipinski definition) is 1. The maximum atomic E-state index is 9.93. The molecule has 0 atom stereocenters. The molecule has 0 spiro atoms. The van der Waals surface area contributed by atoms with Crippen LogP contribution >= 0.6 is 0 Å². The van der Waals surface area contributed by atoms with Gasteiger partial charge in [-0.3, -0.25) is 0 Å². The van der Waals surface area contributed by atoms with Crippen LogP contribution in [0.15, 0.2) is 5.16 Å². The second kappa shape index (κ2) is 3.95. The van der Waals surface area contributed by atoms with Gasteiger partial charge in [0.1, 0.15) is 0 Å². The molecule has 11 heavy (non-hydrogen) atoms. The van der Waals surface area contributed by atoms with Crippen LogP contribution in [0.4, 0.5) is 0 Å². The zero-order valence-electron chi connectivity index (χ0n) is 6.19. The maximum Gasteiger partial charge on any atom is 0.344 e. The van der Waals surface area contributed by atoms with Gasteiger partial charge in [-0.05, 0) is 18.8 Å². The molecule has 0 amide bonds. The van der Waals surface area contributed by atoms with Crippen molar-refractivity contribution in [2.45, 2.75) is 19.3 Å². The fourth-order valence-corrected chi connectivity index (χ4v) is 0.810. The minimum atomic E-state index is -0.990. The molecular weight excluding hydrogens is 146 g/mol. The fourth-order valence-electron chi connectivity index (χ4n) is 0.810. The largest absolute Gasteiger partial charge is 0.479 e. The molecule has 1 N–H and O–H groups in total. The van der Waals surface area contributed by atoms with Crippen LogP contribution < -0.4 is 0 Å². The van der Waals surface area contributed by atoms with Gasteiger partial charge in [-0.25, -0.2) is 4.79 Å². The number of aliphatic carboxylic acids is 1. The van der Waals surface area contributed by atoms with Crippen molar-refractivity contribution in [3.63, 3.8) is 0 Å². The Hall–Kier alpha value is -1.06. The van der Waals surface area contributed by atoms with E-state index in [9.17, 15) is 4.79 Å². The van der Waals surface area contributed by atoms with E-state index in [1.54, 1.807) is 6.21 Å². The van der Waals surface area contributed by atoms with E-state index in [1.807, 2.05) is 0 Å². The van der Waals surface area contributed by atoms with Crippen LogP contribution in [-0.4, -0.2) is 23.9 Å². The lowest BCUT2D eigenvalue weighted by Crippen LogP contribution is -2.12. The number of carboxylic acid groups (broad SMARTS) is 1. The van der Waals surface area contributed by atoms with E-state index in [2.05, 4.69) is 9.99 Å². The van der Waals surface area contributed by atoms with Gasteiger partial charge in [0.25, 0.3) is 0 Å². The molecule has 4 heteroatoms. The van der Waals surface area contributed by atoms with Gasteiger partial charge >= 0.3 is 5.97 Å². The molecule has 0 heterocycles. The third-order valence-corrected chi connectivity index (χ3v) is 1.68. The zero-order valence-corrected chi connectivity index (χ0v) is 6.19. The molecule has 1 fully saturated rings. The average molecular weight is 157 g/mol. The molecule has 1 aliphatic carbocycles. The molecule has 4 nitrogen and oxygen atoms in total. The van der Waals surface area contributed by atoms with Crippen LogP contribution in [0.25, 0.3) is 0 Å². The lowest BCUT2D eigenvalue weighted by molar-refractivity contribution is -0.142. The molecule has 0 saturated heterocycles. The first kappa shape index (κ1) is 8.04. The van der Waals surface area contributed by atoms with Gasteiger partial charge in [0, 0.05) is 6.21 Å². The smallest absolute Gasteiger partial charge is 0.344 e. The van der Waals surface area contributed by atoms with E-state index in [1.165, 1.54) is 6.42 Å². The van der Waals surface area contributed by atoms with Crippen LogP contribution in [0.5, 0.6) is 0 Å². The number of rotatable bonds is 4.